The molecule has 2 unspecified atom stereocenters. The lowest BCUT2D eigenvalue weighted by Crippen LogP contribution is -2.47. The van der Waals surface area contributed by atoms with Gasteiger partial charge in [-0.15, -0.1) is 0 Å². The number of nitrogens with one attached hydrogen (secondary N) is 1. The molecular weight excluding hydrogens is 240 g/mol. The molecule has 4 heteroatoms. The van der Waals surface area contributed by atoms with Gasteiger partial charge in [-0.2, -0.15) is 0 Å². The van der Waals surface area contributed by atoms with Crippen LogP contribution < -0.4 is 10.1 Å². The van der Waals surface area contributed by atoms with Crippen molar-refractivity contribution in [3.05, 3.63) is 29.8 Å². The molecule has 0 aromatic heterocycles. The maximum absolute atomic E-state index is 10.1. The summed E-state index contributed by atoms with van der Waals surface area (Å²) in [5.41, 5.74) is 1.15. The Morgan fingerprint density at radius 3 is 2.42 bits per heavy atom. The van der Waals surface area contributed by atoms with Crippen molar-refractivity contribution in [1.82, 2.24) is 10.2 Å². The van der Waals surface area contributed by atoms with E-state index in [1.54, 1.807) is 0 Å². The summed E-state index contributed by atoms with van der Waals surface area (Å²) >= 11 is 0. The number of nitrogens with zero attached hydrogens (tertiary/aromatic N) is 1. The first-order valence-corrected chi connectivity index (χ1v) is 7.08. The molecule has 0 radical (unpaired) electrons. The second kappa shape index (κ2) is 6.89. The Morgan fingerprint density at radius 2 is 1.89 bits per heavy atom. The van der Waals surface area contributed by atoms with Crippen LogP contribution in [0, 0.1) is 0 Å². The van der Waals surface area contributed by atoms with E-state index in [9.17, 15) is 5.11 Å². The summed E-state index contributed by atoms with van der Waals surface area (Å²) in [5.74, 6) is 0.885. The Labute approximate surface area is 115 Å². The quantitative estimate of drug-likeness (QED) is 0.844. The van der Waals surface area contributed by atoms with Gasteiger partial charge in [0.25, 0.3) is 0 Å². The van der Waals surface area contributed by atoms with Crippen LogP contribution in [0.15, 0.2) is 24.3 Å². The first kappa shape index (κ1) is 14.3. The highest BCUT2D eigenvalue weighted by Gasteiger charge is 2.26. The van der Waals surface area contributed by atoms with Gasteiger partial charge < -0.3 is 15.2 Å². The fourth-order valence-corrected chi connectivity index (χ4v) is 2.68. The highest BCUT2D eigenvalue weighted by molar-refractivity contribution is 5.29. The van der Waals surface area contributed by atoms with E-state index >= 15 is 0 Å². The lowest BCUT2D eigenvalue weighted by Gasteiger charge is -2.36. The van der Waals surface area contributed by atoms with Crippen molar-refractivity contribution >= 4 is 0 Å². The average molecular weight is 264 g/mol. The molecule has 0 bridgehead atoms. The molecular formula is C15H24N2O2. The van der Waals surface area contributed by atoms with Crippen molar-refractivity contribution in [2.45, 2.75) is 26.0 Å². The number of benzene rings is 1. The van der Waals surface area contributed by atoms with Gasteiger partial charge in [0.1, 0.15) is 5.75 Å². The molecule has 0 amide bonds. The minimum Gasteiger partial charge on any atom is -0.494 e. The number of aliphatic hydroxyl groups excluding tert-OH is 1. The second-order valence-corrected chi connectivity index (χ2v) is 4.97. The lowest BCUT2D eigenvalue weighted by molar-refractivity contribution is 0.0525. The van der Waals surface area contributed by atoms with Crippen LogP contribution in [-0.2, 0) is 0 Å². The van der Waals surface area contributed by atoms with E-state index in [0.29, 0.717) is 6.61 Å². The van der Waals surface area contributed by atoms with E-state index in [1.165, 1.54) is 0 Å². The molecule has 0 aliphatic carbocycles. The minimum atomic E-state index is -0.379. The van der Waals surface area contributed by atoms with Gasteiger partial charge in [0.2, 0.25) is 0 Å². The van der Waals surface area contributed by atoms with Gasteiger partial charge in [-0.1, -0.05) is 12.1 Å². The summed E-state index contributed by atoms with van der Waals surface area (Å²) in [6, 6.07) is 8.15. The standard InChI is InChI=1S/C15H24N2O2/c1-3-19-14-6-4-13(5-7-14)15(12(2)18)17-10-8-16-9-11-17/h4-7,12,15-16,18H,3,8-11H2,1-2H3. The van der Waals surface area contributed by atoms with Crippen molar-refractivity contribution in [2.75, 3.05) is 32.8 Å². The Morgan fingerprint density at radius 1 is 1.26 bits per heavy atom. The Bertz CT molecular complexity index is 372. The molecule has 106 valence electrons. The zero-order valence-electron chi connectivity index (χ0n) is 11.8. The number of hydrogen-bond donors (Lipinski definition) is 2. The molecule has 1 aliphatic heterocycles. The van der Waals surface area contributed by atoms with Crippen LogP contribution >= 0.6 is 0 Å². The van der Waals surface area contributed by atoms with Gasteiger partial charge in [0.15, 0.2) is 0 Å². The second-order valence-electron chi connectivity index (χ2n) is 4.97. The van der Waals surface area contributed by atoms with Crippen LogP contribution in [0.5, 0.6) is 5.75 Å². The number of ether oxygens (including phenoxy) is 1. The molecule has 1 aromatic carbocycles. The van der Waals surface area contributed by atoms with E-state index in [2.05, 4.69) is 22.3 Å². The third-order valence-corrected chi connectivity index (χ3v) is 3.53. The first-order chi connectivity index (χ1) is 9.22. The smallest absolute Gasteiger partial charge is 0.119 e. The van der Waals surface area contributed by atoms with Gasteiger partial charge in [-0.05, 0) is 31.5 Å². The average Bonchev–Trinajstić information content (AvgIpc) is 2.42. The van der Waals surface area contributed by atoms with Gasteiger partial charge >= 0.3 is 0 Å². The van der Waals surface area contributed by atoms with E-state index in [-0.39, 0.29) is 12.1 Å². The molecule has 4 nitrogen and oxygen atoms in total. The molecule has 2 rings (SSSR count). The van der Waals surface area contributed by atoms with Crippen LogP contribution in [-0.4, -0.2) is 48.9 Å². The summed E-state index contributed by atoms with van der Waals surface area (Å²) in [6.45, 7) is 8.44. The zero-order chi connectivity index (χ0) is 13.7. The molecule has 1 fully saturated rings. The van der Waals surface area contributed by atoms with Crippen molar-refractivity contribution in [2.24, 2.45) is 0 Å². The van der Waals surface area contributed by atoms with Gasteiger partial charge in [0, 0.05) is 26.2 Å². The largest absolute Gasteiger partial charge is 0.494 e. The van der Waals surface area contributed by atoms with Gasteiger partial charge in [-0.3, -0.25) is 4.90 Å². The molecule has 1 heterocycles. The molecule has 0 spiro atoms. The zero-order valence-corrected chi connectivity index (χ0v) is 11.8. The van der Waals surface area contributed by atoms with Crippen LogP contribution in [0.2, 0.25) is 0 Å². The Hall–Kier alpha value is -1.10. The van der Waals surface area contributed by atoms with E-state index < -0.39 is 0 Å². The molecule has 0 saturated carbocycles. The molecule has 1 saturated heterocycles. The van der Waals surface area contributed by atoms with Crippen LogP contribution in [0.3, 0.4) is 0 Å². The summed E-state index contributed by atoms with van der Waals surface area (Å²) in [4.78, 5) is 2.34. The predicted molar refractivity (Wildman–Crippen MR) is 76.5 cm³/mol. The van der Waals surface area contributed by atoms with Gasteiger partial charge in [0.05, 0.1) is 18.8 Å². The monoisotopic (exact) mass is 264 g/mol. The number of rotatable bonds is 5. The van der Waals surface area contributed by atoms with Crippen LogP contribution in [0.25, 0.3) is 0 Å². The highest BCUT2D eigenvalue weighted by Crippen LogP contribution is 2.26. The highest BCUT2D eigenvalue weighted by atomic mass is 16.5. The Balaban J connectivity index is 2.13. The maximum atomic E-state index is 10.1. The fraction of sp³-hybridized carbons (Fsp3) is 0.600. The lowest BCUT2D eigenvalue weighted by atomic mass is 9.99. The first-order valence-electron chi connectivity index (χ1n) is 7.08. The summed E-state index contributed by atoms with van der Waals surface area (Å²) in [6.07, 6.45) is -0.379. The SMILES string of the molecule is CCOc1ccc(C(C(C)O)N2CCNCC2)cc1. The number of hydrogen-bond acceptors (Lipinski definition) is 4. The van der Waals surface area contributed by atoms with Crippen molar-refractivity contribution in [1.29, 1.82) is 0 Å². The van der Waals surface area contributed by atoms with E-state index in [0.717, 1.165) is 37.5 Å². The maximum Gasteiger partial charge on any atom is 0.119 e. The summed E-state index contributed by atoms with van der Waals surface area (Å²) in [7, 11) is 0. The van der Waals surface area contributed by atoms with Crippen molar-refractivity contribution in [3.63, 3.8) is 0 Å². The molecule has 1 aromatic rings. The minimum absolute atomic E-state index is 0.0674. The predicted octanol–water partition coefficient (Wildman–Crippen LogP) is 1.41. The molecule has 1 aliphatic rings. The molecule has 2 N–H and O–H groups in total. The summed E-state index contributed by atoms with van der Waals surface area (Å²) in [5, 5.41) is 13.4. The van der Waals surface area contributed by atoms with Crippen LogP contribution in [0.1, 0.15) is 25.5 Å². The van der Waals surface area contributed by atoms with Crippen molar-refractivity contribution < 1.29 is 9.84 Å². The van der Waals surface area contributed by atoms with Crippen LogP contribution in [0.4, 0.5) is 0 Å². The molecule has 2 atom stereocenters. The fourth-order valence-electron chi connectivity index (χ4n) is 2.68. The normalized spacial score (nSPS) is 19.9. The topological polar surface area (TPSA) is 44.7 Å². The van der Waals surface area contributed by atoms with E-state index in [4.69, 9.17) is 4.74 Å². The Kier molecular flexibility index (Phi) is 5.19. The summed E-state index contributed by atoms with van der Waals surface area (Å²) < 4.78 is 5.46. The van der Waals surface area contributed by atoms with E-state index in [1.807, 2.05) is 26.0 Å². The number of aliphatic hydroxyl groups is 1. The number of piperazine rings is 1. The molecule has 19 heavy (non-hydrogen) atoms. The van der Waals surface area contributed by atoms with Crippen molar-refractivity contribution in [3.8, 4) is 5.75 Å². The van der Waals surface area contributed by atoms with Gasteiger partial charge in [-0.25, -0.2) is 0 Å². The third-order valence-electron chi connectivity index (χ3n) is 3.53. The third kappa shape index (κ3) is 3.69.